The first-order valence-corrected chi connectivity index (χ1v) is 15.9. The van der Waals surface area contributed by atoms with Gasteiger partial charge in [-0.25, -0.2) is 9.59 Å². The highest BCUT2D eigenvalue weighted by Crippen LogP contribution is 2.28. The van der Waals surface area contributed by atoms with Gasteiger partial charge in [0.2, 0.25) is 11.8 Å². The maximum atomic E-state index is 12.1. The number of hydrogen-bond donors (Lipinski definition) is 4. The van der Waals surface area contributed by atoms with Crippen molar-refractivity contribution >= 4 is 23.8 Å². The summed E-state index contributed by atoms with van der Waals surface area (Å²) >= 11 is 0. The van der Waals surface area contributed by atoms with Crippen LogP contribution in [0.2, 0.25) is 0 Å². The Kier molecular flexibility index (Phi) is 14.0. The fraction of sp³-hybridized carbons (Fsp3) is 0.529. The van der Waals surface area contributed by atoms with Gasteiger partial charge in [0.15, 0.2) is 0 Å². The van der Waals surface area contributed by atoms with Crippen LogP contribution in [0.5, 0.6) is 23.0 Å². The molecule has 2 heterocycles. The second-order valence-electron chi connectivity index (χ2n) is 11.4. The van der Waals surface area contributed by atoms with Crippen LogP contribution < -0.4 is 20.1 Å². The minimum absolute atomic E-state index is 0.0653. The fourth-order valence-electron chi connectivity index (χ4n) is 5.10. The number of nitrogens with one attached hydrogen (secondary N) is 2. The highest BCUT2D eigenvalue weighted by atomic mass is 16.5. The molecule has 44 heavy (non-hydrogen) atoms. The van der Waals surface area contributed by atoms with Crippen molar-refractivity contribution < 1.29 is 38.9 Å². The molecule has 0 spiro atoms. The number of carbonyl (C=O) groups excluding carboxylic acids is 4. The standard InChI is InChI=1S/2C17H23NO4/c1-2-3-4-5-6-12-7-8-13(11-15(12)19)22-17(21)14-9-10-16(20)18-14;1-2-3-4-5-6-12-7-8-13(19)11-15(12)22-17(21)14-9-10-16(20)18-14/h2*7-8,11,14,19H,2-6,9-10H2,1H3,(H,18,20). The van der Waals surface area contributed by atoms with Gasteiger partial charge in [0.1, 0.15) is 35.1 Å². The highest BCUT2D eigenvalue weighted by Gasteiger charge is 2.30. The zero-order chi connectivity index (χ0) is 31.9. The van der Waals surface area contributed by atoms with Crippen LogP contribution in [0.25, 0.3) is 0 Å². The van der Waals surface area contributed by atoms with Crippen molar-refractivity contribution in [1.29, 1.82) is 0 Å². The number of phenols is 2. The molecule has 4 N–H and O–H groups in total. The van der Waals surface area contributed by atoms with Gasteiger partial charge in [-0.1, -0.05) is 64.5 Å². The molecule has 2 atom stereocenters. The second-order valence-corrected chi connectivity index (χ2v) is 11.4. The molecule has 4 rings (SSSR count). The van der Waals surface area contributed by atoms with E-state index in [0.717, 1.165) is 49.7 Å². The largest absolute Gasteiger partial charge is 0.508 e. The summed E-state index contributed by atoms with van der Waals surface area (Å²) in [6, 6.07) is 8.63. The molecule has 0 radical (unpaired) electrons. The van der Waals surface area contributed by atoms with Crippen molar-refractivity contribution in [2.45, 2.75) is 116 Å². The molecule has 2 aliphatic heterocycles. The van der Waals surface area contributed by atoms with Gasteiger partial charge in [0.25, 0.3) is 0 Å². The zero-order valence-corrected chi connectivity index (χ0v) is 25.9. The molecule has 0 aliphatic carbocycles. The van der Waals surface area contributed by atoms with Crippen molar-refractivity contribution in [3.05, 3.63) is 47.5 Å². The Morgan fingerprint density at radius 3 is 1.80 bits per heavy atom. The molecule has 2 aliphatic rings. The zero-order valence-electron chi connectivity index (χ0n) is 25.9. The number of esters is 2. The summed E-state index contributed by atoms with van der Waals surface area (Å²) in [6.07, 6.45) is 12.3. The summed E-state index contributed by atoms with van der Waals surface area (Å²) in [4.78, 5) is 46.2. The first-order chi connectivity index (χ1) is 21.2. The lowest BCUT2D eigenvalue weighted by atomic mass is 10.0. The Labute approximate surface area is 259 Å². The summed E-state index contributed by atoms with van der Waals surface area (Å²) in [5.41, 5.74) is 1.77. The Morgan fingerprint density at radius 1 is 0.727 bits per heavy atom. The Morgan fingerprint density at radius 2 is 1.27 bits per heavy atom. The number of ether oxygens (including phenoxy) is 2. The lowest BCUT2D eigenvalue weighted by Gasteiger charge is -2.13. The minimum atomic E-state index is -0.581. The summed E-state index contributed by atoms with van der Waals surface area (Å²) < 4.78 is 10.6. The van der Waals surface area contributed by atoms with Gasteiger partial charge in [-0.05, 0) is 61.8 Å². The Balaban J connectivity index is 0.000000240. The van der Waals surface area contributed by atoms with Crippen LogP contribution >= 0.6 is 0 Å². The van der Waals surface area contributed by atoms with Gasteiger partial charge in [0, 0.05) is 25.0 Å². The maximum absolute atomic E-state index is 12.1. The number of carbonyl (C=O) groups is 4. The van der Waals surface area contributed by atoms with Crippen LogP contribution in [0.4, 0.5) is 0 Å². The molecule has 2 aromatic rings. The van der Waals surface area contributed by atoms with E-state index in [4.69, 9.17) is 9.47 Å². The summed E-state index contributed by atoms with van der Waals surface area (Å²) in [5, 5.41) is 24.8. The number of unbranched alkanes of at least 4 members (excludes halogenated alkanes) is 6. The van der Waals surface area contributed by atoms with Gasteiger partial charge >= 0.3 is 11.9 Å². The van der Waals surface area contributed by atoms with Gasteiger partial charge in [-0.3, -0.25) is 9.59 Å². The third-order valence-electron chi connectivity index (χ3n) is 7.70. The third-order valence-corrected chi connectivity index (χ3v) is 7.70. The number of rotatable bonds is 14. The molecular formula is C34H46N2O8. The van der Waals surface area contributed by atoms with Crippen LogP contribution in [0, 0.1) is 0 Å². The molecule has 2 amide bonds. The smallest absolute Gasteiger partial charge is 0.334 e. The van der Waals surface area contributed by atoms with Crippen LogP contribution in [-0.2, 0) is 32.0 Å². The Bertz CT molecular complexity index is 1280. The number of amides is 2. The lowest BCUT2D eigenvalue weighted by molar-refractivity contribution is -0.138. The van der Waals surface area contributed by atoms with Crippen LogP contribution in [0.1, 0.15) is 102 Å². The van der Waals surface area contributed by atoms with Crippen LogP contribution in [0.15, 0.2) is 36.4 Å². The highest BCUT2D eigenvalue weighted by molar-refractivity contribution is 5.89. The van der Waals surface area contributed by atoms with E-state index >= 15 is 0 Å². The van der Waals surface area contributed by atoms with E-state index in [2.05, 4.69) is 24.5 Å². The Hall–Kier alpha value is -4.08. The summed E-state index contributed by atoms with van der Waals surface area (Å²) in [6.45, 7) is 4.32. The molecule has 2 aromatic carbocycles. The third kappa shape index (κ3) is 11.2. The van der Waals surface area contributed by atoms with Gasteiger partial charge in [0.05, 0.1) is 0 Å². The maximum Gasteiger partial charge on any atom is 0.334 e. The fourth-order valence-corrected chi connectivity index (χ4v) is 5.10. The number of hydrogen-bond acceptors (Lipinski definition) is 8. The minimum Gasteiger partial charge on any atom is -0.508 e. The van der Waals surface area contributed by atoms with Crippen molar-refractivity contribution in [1.82, 2.24) is 10.6 Å². The van der Waals surface area contributed by atoms with Crippen molar-refractivity contribution in [2.24, 2.45) is 0 Å². The van der Waals surface area contributed by atoms with E-state index in [1.165, 1.54) is 37.8 Å². The normalized spacial score (nSPS) is 17.3. The van der Waals surface area contributed by atoms with E-state index in [-0.39, 0.29) is 23.3 Å². The van der Waals surface area contributed by atoms with E-state index in [1.54, 1.807) is 24.3 Å². The molecule has 10 nitrogen and oxygen atoms in total. The van der Waals surface area contributed by atoms with Crippen molar-refractivity contribution in [2.75, 3.05) is 0 Å². The molecule has 0 saturated carbocycles. The molecular weight excluding hydrogens is 564 g/mol. The molecule has 2 saturated heterocycles. The number of benzene rings is 2. The van der Waals surface area contributed by atoms with Crippen molar-refractivity contribution in [3.63, 3.8) is 0 Å². The van der Waals surface area contributed by atoms with Gasteiger partial charge in [-0.2, -0.15) is 0 Å². The number of phenolic OH excluding ortho intramolecular Hbond substituents is 2. The average molecular weight is 611 g/mol. The summed E-state index contributed by atoms with van der Waals surface area (Å²) in [5.74, 6) is -0.298. The first kappa shape index (κ1) is 34.4. The summed E-state index contributed by atoms with van der Waals surface area (Å²) in [7, 11) is 0. The molecule has 240 valence electrons. The molecule has 10 heteroatoms. The first-order valence-electron chi connectivity index (χ1n) is 15.9. The molecule has 2 unspecified atom stereocenters. The number of aromatic hydroxyl groups is 2. The predicted molar refractivity (Wildman–Crippen MR) is 166 cm³/mol. The topological polar surface area (TPSA) is 151 Å². The van der Waals surface area contributed by atoms with E-state index in [9.17, 15) is 29.4 Å². The van der Waals surface area contributed by atoms with E-state index in [0.29, 0.717) is 37.2 Å². The quantitative estimate of drug-likeness (QED) is 0.126. The number of aryl methyl sites for hydroxylation is 2. The van der Waals surface area contributed by atoms with Crippen LogP contribution in [0.3, 0.4) is 0 Å². The second kappa shape index (κ2) is 17.9. The SMILES string of the molecule is CCCCCCc1ccc(O)cc1OC(=O)C1CCC(=O)N1.CCCCCCc1ccc(OC(=O)C2CCC(=O)N2)cc1O. The monoisotopic (exact) mass is 610 g/mol. The van der Waals surface area contributed by atoms with Crippen LogP contribution in [-0.4, -0.2) is 46.0 Å². The molecule has 2 fully saturated rings. The predicted octanol–water partition coefficient (Wildman–Crippen LogP) is 5.40. The van der Waals surface area contributed by atoms with E-state index in [1.807, 2.05) is 0 Å². The molecule has 0 aromatic heterocycles. The molecule has 0 bridgehead atoms. The van der Waals surface area contributed by atoms with E-state index < -0.39 is 24.0 Å². The average Bonchev–Trinajstić information content (AvgIpc) is 3.64. The lowest BCUT2D eigenvalue weighted by Crippen LogP contribution is -2.36. The van der Waals surface area contributed by atoms with Gasteiger partial charge < -0.3 is 30.3 Å². The van der Waals surface area contributed by atoms with Crippen molar-refractivity contribution in [3.8, 4) is 23.0 Å². The van der Waals surface area contributed by atoms with Gasteiger partial charge in [-0.15, -0.1) is 0 Å².